The van der Waals surface area contributed by atoms with E-state index in [1.807, 2.05) is 12.1 Å². The van der Waals surface area contributed by atoms with Gasteiger partial charge < -0.3 is 10.6 Å². The number of nitrogens with two attached hydrogens (primary N) is 1. The van der Waals surface area contributed by atoms with Crippen LogP contribution >= 0.6 is 11.6 Å². The minimum atomic E-state index is 0.661. The Morgan fingerprint density at radius 3 is 2.53 bits per heavy atom. The second-order valence-electron chi connectivity index (χ2n) is 5.24. The van der Waals surface area contributed by atoms with Gasteiger partial charge in [0.2, 0.25) is 0 Å². The summed E-state index contributed by atoms with van der Waals surface area (Å²) in [6.45, 7) is 6.81. The van der Waals surface area contributed by atoms with Gasteiger partial charge in [-0.25, -0.2) is 0 Å². The van der Waals surface area contributed by atoms with E-state index in [2.05, 4.69) is 24.8 Å². The van der Waals surface area contributed by atoms with Crippen molar-refractivity contribution in [1.82, 2.24) is 0 Å². The molecule has 2 rings (SSSR count). The van der Waals surface area contributed by atoms with Crippen molar-refractivity contribution in [3.8, 4) is 0 Å². The van der Waals surface area contributed by atoms with Crippen LogP contribution in [0.15, 0.2) is 18.2 Å². The molecule has 1 saturated heterocycles. The Morgan fingerprint density at radius 1 is 1.29 bits per heavy atom. The van der Waals surface area contributed by atoms with Crippen LogP contribution in [-0.4, -0.2) is 13.1 Å². The van der Waals surface area contributed by atoms with Crippen molar-refractivity contribution in [2.75, 3.05) is 23.7 Å². The summed E-state index contributed by atoms with van der Waals surface area (Å²) in [6, 6.07) is 5.89. The van der Waals surface area contributed by atoms with Crippen molar-refractivity contribution in [1.29, 1.82) is 0 Å². The van der Waals surface area contributed by atoms with E-state index >= 15 is 0 Å². The number of rotatable bonds is 2. The summed E-state index contributed by atoms with van der Waals surface area (Å²) < 4.78 is 0. The minimum Gasteiger partial charge on any atom is -0.396 e. The Kier molecular flexibility index (Phi) is 3.82. The highest BCUT2D eigenvalue weighted by atomic mass is 35.5. The number of para-hydroxylation sites is 1. The standard InChI is InChI=1S/C14H21ClN2/c1-10(2)11-6-8-17(9-7-11)13-5-3-4-12(15)14(13)16/h3-5,10-11H,6-9,16H2,1-2H3. The molecular formula is C14H21ClN2. The molecule has 94 valence electrons. The molecule has 1 aromatic rings. The second kappa shape index (κ2) is 5.18. The molecule has 2 N–H and O–H groups in total. The number of hydrogen-bond donors (Lipinski definition) is 1. The lowest BCUT2D eigenvalue weighted by molar-refractivity contribution is 0.311. The van der Waals surface area contributed by atoms with E-state index in [-0.39, 0.29) is 0 Å². The zero-order chi connectivity index (χ0) is 12.4. The van der Waals surface area contributed by atoms with E-state index in [1.165, 1.54) is 12.8 Å². The van der Waals surface area contributed by atoms with E-state index in [4.69, 9.17) is 17.3 Å². The Hall–Kier alpha value is -0.890. The summed E-state index contributed by atoms with van der Waals surface area (Å²) in [5.41, 5.74) is 7.85. The van der Waals surface area contributed by atoms with E-state index < -0.39 is 0 Å². The van der Waals surface area contributed by atoms with Gasteiger partial charge in [0.15, 0.2) is 0 Å². The molecule has 1 heterocycles. The van der Waals surface area contributed by atoms with Crippen LogP contribution in [0, 0.1) is 11.8 Å². The van der Waals surface area contributed by atoms with Crippen LogP contribution in [0.3, 0.4) is 0 Å². The zero-order valence-electron chi connectivity index (χ0n) is 10.6. The predicted octanol–water partition coefficient (Wildman–Crippen LogP) is 3.79. The van der Waals surface area contributed by atoms with Gasteiger partial charge in [-0.2, -0.15) is 0 Å². The normalized spacial score (nSPS) is 17.8. The van der Waals surface area contributed by atoms with Crippen LogP contribution in [0.4, 0.5) is 11.4 Å². The molecule has 1 aliphatic rings. The molecule has 0 bridgehead atoms. The maximum atomic E-state index is 6.06. The van der Waals surface area contributed by atoms with Crippen LogP contribution in [0.1, 0.15) is 26.7 Å². The van der Waals surface area contributed by atoms with Gasteiger partial charge in [0, 0.05) is 13.1 Å². The number of benzene rings is 1. The molecule has 1 aromatic carbocycles. The molecule has 17 heavy (non-hydrogen) atoms. The maximum Gasteiger partial charge on any atom is 0.0741 e. The molecule has 1 aliphatic heterocycles. The Balaban J connectivity index is 2.08. The molecule has 0 spiro atoms. The summed E-state index contributed by atoms with van der Waals surface area (Å²) in [5.74, 6) is 1.64. The molecule has 0 radical (unpaired) electrons. The fourth-order valence-electron chi connectivity index (χ4n) is 2.61. The molecule has 1 fully saturated rings. The summed E-state index contributed by atoms with van der Waals surface area (Å²) in [7, 11) is 0. The number of hydrogen-bond acceptors (Lipinski definition) is 2. The number of anilines is 2. The molecule has 0 aromatic heterocycles. The lowest BCUT2D eigenvalue weighted by atomic mass is 9.86. The van der Waals surface area contributed by atoms with E-state index in [1.54, 1.807) is 0 Å². The minimum absolute atomic E-state index is 0.661. The summed E-state index contributed by atoms with van der Waals surface area (Å²) in [4.78, 5) is 2.36. The number of nitrogen functional groups attached to an aromatic ring is 1. The van der Waals surface area contributed by atoms with Gasteiger partial charge in [-0.3, -0.25) is 0 Å². The first-order chi connectivity index (χ1) is 8.09. The SMILES string of the molecule is CC(C)C1CCN(c2cccc(Cl)c2N)CC1. The highest BCUT2D eigenvalue weighted by Crippen LogP contribution is 2.34. The predicted molar refractivity (Wildman–Crippen MR) is 75.6 cm³/mol. The summed E-state index contributed by atoms with van der Waals surface area (Å²) >= 11 is 6.06. The van der Waals surface area contributed by atoms with E-state index in [0.717, 1.165) is 36.3 Å². The second-order valence-corrected chi connectivity index (χ2v) is 5.65. The van der Waals surface area contributed by atoms with Gasteiger partial charge in [-0.15, -0.1) is 0 Å². The van der Waals surface area contributed by atoms with Crippen molar-refractivity contribution < 1.29 is 0 Å². The van der Waals surface area contributed by atoms with Crippen LogP contribution in [-0.2, 0) is 0 Å². The average Bonchev–Trinajstić information content (AvgIpc) is 2.33. The van der Waals surface area contributed by atoms with Gasteiger partial charge in [0.05, 0.1) is 16.4 Å². The topological polar surface area (TPSA) is 29.3 Å². The molecule has 0 amide bonds. The van der Waals surface area contributed by atoms with E-state index in [0.29, 0.717) is 5.02 Å². The van der Waals surface area contributed by atoms with Crippen LogP contribution in [0.25, 0.3) is 0 Å². The van der Waals surface area contributed by atoms with E-state index in [9.17, 15) is 0 Å². The van der Waals surface area contributed by atoms with Crippen LogP contribution < -0.4 is 10.6 Å². The zero-order valence-corrected chi connectivity index (χ0v) is 11.4. The molecule has 0 atom stereocenters. The number of halogens is 1. The first-order valence-corrected chi connectivity index (χ1v) is 6.76. The first-order valence-electron chi connectivity index (χ1n) is 6.38. The molecule has 0 aliphatic carbocycles. The fourth-order valence-corrected chi connectivity index (χ4v) is 2.78. The van der Waals surface area contributed by atoms with Gasteiger partial charge >= 0.3 is 0 Å². The fraction of sp³-hybridized carbons (Fsp3) is 0.571. The largest absolute Gasteiger partial charge is 0.396 e. The highest BCUT2D eigenvalue weighted by Gasteiger charge is 2.22. The average molecular weight is 253 g/mol. The Morgan fingerprint density at radius 2 is 1.94 bits per heavy atom. The van der Waals surface area contributed by atoms with Gasteiger partial charge in [0.25, 0.3) is 0 Å². The molecule has 3 heteroatoms. The quantitative estimate of drug-likeness (QED) is 0.812. The molecule has 0 saturated carbocycles. The van der Waals surface area contributed by atoms with Crippen molar-refractivity contribution in [2.24, 2.45) is 11.8 Å². The van der Waals surface area contributed by atoms with Gasteiger partial charge in [-0.1, -0.05) is 31.5 Å². The Labute approximate surface area is 109 Å². The Bertz CT molecular complexity index is 382. The van der Waals surface area contributed by atoms with Crippen molar-refractivity contribution in [3.05, 3.63) is 23.2 Å². The first kappa shape index (κ1) is 12.6. The van der Waals surface area contributed by atoms with Gasteiger partial charge in [0.1, 0.15) is 0 Å². The lowest BCUT2D eigenvalue weighted by Crippen LogP contribution is -2.35. The number of piperidine rings is 1. The molecule has 2 nitrogen and oxygen atoms in total. The third kappa shape index (κ3) is 2.68. The maximum absolute atomic E-state index is 6.06. The van der Waals surface area contributed by atoms with Gasteiger partial charge in [-0.05, 0) is 36.8 Å². The monoisotopic (exact) mass is 252 g/mol. The summed E-state index contributed by atoms with van der Waals surface area (Å²) in [5, 5.41) is 0.661. The lowest BCUT2D eigenvalue weighted by Gasteiger charge is -2.36. The van der Waals surface area contributed by atoms with Crippen LogP contribution in [0.5, 0.6) is 0 Å². The third-order valence-electron chi connectivity index (χ3n) is 3.85. The van der Waals surface area contributed by atoms with Crippen molar-refractivity contribution in [2.45, 2.75) is 26.7 Å². The van der Waals surface area contributed by atoms with Crippen molar-refractivity contribution in [3.63, 3.8) is 0 Å². The van der Waals surface area contributed by atoms with Crippen LogP contribution in [0.2, 0.25) is 5.02 Å². The summed E-state index contributed by atoms with van der Waals surface area (Å²) in [6.07, 6.45) is 2.51. The third-order valence-corrected chi connectivity index (χ3v) is 4.18. The number of nitrogens with zero attached hydrogens (tertiary/aromatic N) is 1. The van der Waals surface area contributed by atoms with Crippen molar-refractivity contribution >= 4 is 23.0 Å². The molecular weight excluding hydrogens is 232 g/mol. The highest BCUT2D eigenvalue weighted by molar-refractivity contribution is 6.33. The molecule has 0 unspecified atom stereocenters. The smallest absolute Gasteiger partial charge is 0.0741 e.